The van der Waals surface area contributed by atoms with E-state index in [1.165, 1.54) is 0 Å². The highest BCUT2D eigenvalue weighted by Crippen LogP contribution is 2.14. The van der Waals surface area contributed by atoms with Crippen LogP contribution < -0.4 is 0 Å². The van der Waals surface area contributed by atoms with E-state index in [0.29, 0.717) is 37.3 Å². The molecule has 1 aromatic rings. The quantitative estimate of drug-likeness (QED) is 0.748. The smallest absolute Gasteiger partial charge is 0.410 e. The number of piperazine rings is 1. The second-order valence-corrected chi connectivity index (χ2v) is 6.48. The van der Waals surface area contributed by atoms with Crippen molar-refractivity contribution in [1.29, 1.82) is 0 Å². The minimum atomic E-state index is -0.514. The molecule has 1 saturated heterocycles. The van der Waals surface area contributed by atoms with E-state index >= 15 is 0 Å². The molecule has 2 rings (SSSR count). The lowest BCUT2D eigenvalue weighted by Crippen LogP contribution is -2.51. The molecule has 1 heterocycles. The molecule has 0 aromatic heterocycles. The number of carbonyl (C=O) groups excluding carboxylic acids is 2. The summed E-state index contributed by atoms with van der Waals surface area (Å²) in [5.41, 5.74) is 0.745. The van der Waals surface area contributed by atoms with Crippen molar-refractivity contribution in [3.63, 3.8) is 0 Å². The van der Waals surface area contributed by atoms with Crippen LogP contribution in [0.25, 0.3) is 0 Å². The molecule has 23 heavy (non-hydrogen) atoms. The molecule has 122 valence electrons. The van der Waals surface area contributed by atoms with Crippen LogP contribution >= 0.6 is 0 Å². The lowest BCUT2D eigenvalue weighted by atomic mass is 10.1. The zero-order valence-corrected chi connectivity index (χ0v) is 13.8. The molecular weight excluding hydrogens is 292 g/mol. The summed E-state index contributed by atoms with van der Waals surface area (Å²) in [6.07, 6.45) is 5.03. The van der Waals surface area contributed by atoms with Gasteiger partial charge < -0.3 is 14.5 Å². The third-order valence-electron chi connectivity index (χ3n) is 3.49. The van der Waals surface area contributed by atoms with Crippen molar-refractivity contribution >= 4 is 12.0 Å². The first-order chi connectivity index (χ1) is 10.8. The molecule has 1 aliphatic heterocycles. The van der Waals surface area contributed by atoms with Crippen molar-refractivity contribution in [3.8, 4) is 12.3 Å². The average molecular weight is 314 g/mol. The maximum absolute atomic E-state index is 12.5. The molecule has 1 aliphatic rings. The molecule has 2 amide bonds. The lowest BCUT2D eigenvalue weighted by Gasteiger charge is -2.35. The zero-order chi connectivity index (χ0) is 17.0. The Kier molecular flexibility index (Phi) is 4.95. The van der Waals surface area contributed by atoms with Crippen molar-refractivity contribution in [2.75, 3.05) is 26.2 Å². The Hall–Kier alpha value is -2.48. The molecular formula is C18H22N2O3. The van der Waals surface area contributed by atoms with Gasteiger partial charge >= 0.3 is 6.09 Å². The van der Waals surface area contributed by atoms with Crippen LogP contribution in [0.5, 0.6) is 0 Å². The van der Waals surface area contributed by atoms with Gasteiger partial charge in [-0.3, -0.25) is 4.79 Å². The fourth-order valence-corrected chi connectivity index (χ4v) is 2.34. The number of amides is 2. The van der Waals surface area contributed by atoms with E-state index in [9.17, 15) is 9.59 Å². The third kappa shape index (κ3) is 4.49. The van der Waals surface area contributed by atoms with Crippen LogP contribution in [-0.4, -0.2) is 53.6 Å². The average Bonchev–Trinajstić information content (AvgIpc) is 2.53. The standard InChI is InChI=1S/C18H22N2O3/c1-5-14-7-6-8-15(13-14)16(21)19-9-11-20(12-10-19)17(22)23-18(2,3)4/h1,6-8,13H,9-12H2,2-4H3. The molecule has 1 fully saturated rings. The summed E-state index contributed by atoms with van der Waals surface area (Å²) in [5, 5.41) is 0. The maximum atomic E-state index is 12.5. The summed E-state index contributed by atoms with van der Waals surface area (Å²) in [5.74, 6) is 2.46. The lowest BCUT2D eigenvalue weighted by molar-refractivity contribution is 0.0141. The summed E-state index contributed by atoms with van der Waals surface area (Å²) in [6, 6.07) is 7.03. The van der Waals surface area contributed by atoms with Gasteiger partial charge in [-0.1, -0.05) is 12.0 Å². The van der Waals surface area contributed by atoms with Crippen LogP contribution in [-0.2, 0) is 4.74 Å². The number of hydrogen-bond acceptors (Lipinski definition) is 3. The molecule has 0 saturated carbocycles. The fraction of sp³-hybridized carbons (Fsp3) is 0.444. The molecule has 0 N–H and O–H groups in total. The maximum Gasteiger partial charge on any atom is 0.410 e. The van der Waals surface area contributed by atoms with Crippen LogP contribution in [0.3, 0.4) is 0 Å². The predicted octanol–water partition coefficient (Wildman–Crippen LogP) is 2.36. The molecule has 0 aliphatic carbocycles. The molecule has 0 radical (unpaired) electrons. The SMILES string of the molecule is C#Cc1cccc(C(=O)N2CCN(C(=O)OC(C)(C)C)CC2)c1. The van der Waals surface area contributed by atoms with Crippen LogP contribution in [0.15, 0.2) is 24.3 Å². The van der Waals surface area contributed by atoms with Crippen LogP contribution in [0, 0.1) is 12.3 Å². The molecule has 5 heteroatoms. The highest BCUT2D eigenvalue weighted by Gasteiger charge is 2.28. The molecule has 0 spiro atoms. The zero-order valence-electron chi connectivity index (χ0n) is 13.8. The summed E-state index contributed by atoms with van der Waals surface area (Å²) in [4.78, 5) is 27.9. The third-order valence-corrected chi connectivity index (χ3v) is 3.49. The second kappa shape index (κ2) is 6.74. The van der Waals surface area contributed by atoms with Gasteiger partial charge in [0.05, 0.1) is 0 Å². The van der Waals surface area contributed by atoms with Crippen molar-refractivity contribution in [3.05, 3.63) is 35.4 Å². The van der Waals surface area contributed by atoms with Gasteiger partial charge in [0.2, 0.25) is 0 Å². The van der Waals surface area contributed by atoms with E-state index in [0.717, 1.165) is 0 Å². The molecule has 1 aromatic carbocycles. The summed E-state index contributed by atoms with van der Waals surface area (Å²) in [7, 11) is 0. The van der Waals surface area contributed by atoms with Crippen molar-refractivity contribution in [2.24, 2.45) is 0 Å². The van der Waals surface area contributed by atoms with Crippen LogP contribution in [0.2, 0.25) is 0 Å². The monoisotopic (exact) mass is 314 g/mol. The van der Waals surface area contributed by atoms with Crippen molar-refractivity contribution < 1.29 is 14.3 Å². The van der Waals surface area contributed by atoms with E-state index in [4.69, 9.17) is 11.2 Å². The Morgan fingerprint density at radius 1 is 1.13 bits per heavy atom. The number of nitrogens with zero attached hydrogens (tertiary/aromatic N) is 2. The molecule has 0 bridgehead atoms. The molecule has 0 unspecified atom stereocenters. The van der Waals surface area contributed by atoms with E-state index in [1.807, 2.05) is 20.8 Å². The Bertz CT molecular complexity index is 632. The van der Waals surface area contributed by atoms with Gasteiger partial charge in [-0.25, -0.2) is 4.79 Å². The topological polar surface area (TPSA) is 49.9 Å². The number of carbonyl (C=O) groups is 2. The van der Waals surface area contributed by atoms with Gasteiger partial charge in [-0.2, -0.15) is 0 Å². The first-order valence-electron chi connectivity index (χ1n) is 7.64. The Labute approximate surface area is 137 Å². The summed E-state index contributed by atoms with van der Waals surface area (Å²) < 4.78 is 5.35. The van der Waals surface area contributed by atoms with E-state index in [2.05, 4.69) is 5.92 Å². The van der Waals surface area contributed by atoms with Crippen LogP contribution in [0.1, 0.15) is 36.7 Å². The van der Waals surface area contributed by atoms with Gasteiger partial charge in [0.25, 0.3) is 5.91 Å². The van der Waals surface area contributed by atoms with Gasteiger partial charge in [-0.05, 0) is 39.0 Å². The normalized spacial score (nSPS) is 15.0. The first kappa shape index (κ1) is 16.9. The number of terminal acetylenes is 1. The summed E-state index contributed by atoms with van der Waals surface area (Å²) >= 11 is 0. The minimum Gasteiger partial charge on any atom is -0.444 e. The van der Waals surface area contributed by atoms with Gasteiger partial charge in [-0.15, -0.1) is 6.42 Å². The van der Waals surface area contributed by atoms with Gasteiger partial charge in [0.15, 0.2) is 0 Å². The fourth-order valence-electron chi connectivity index (χ4n) is 2.34. The highest BCUT2D eigenvalue weighted by molar-refractivity contribution is 5.94. The van der Waals surface area contributed by atoms with Crippen molar-refractivity contribution in [1.82, 2.24) is 9.80 Å². The first-order valence-corrected chi connectivity index (χ1v) is 7.64. The predicted molar refractivity (Wildman–Crippen MR) is 88.1 cm³/mol. The summed E-state index contributed by atoms with van der Waals surface area (Å²) in [6.45, 7) is 7.41. The number of rotatable bonds is 1. The van der Waals surface area contributed by atoms with E-state index in [-0.39, 0.29) is 12.0 Å². The molecule has 5 nitrogen and oxygen atoms in total. The number of ether oxygens (including phenoxy) is 1. The van der Waals surface area contributed by atoms with Crippen LogP contribution in [0.4, 0.5) is 4.79 Å². The minimum absolute atomic E-state index is 0.0639. The highest BCUT2D eigenvalue weighted by atomic mass is 16.6. The molecule has 0 atom stereocenters. The Morgan fingerprint density at radius 2 is 1.74 bits per heavy atom. The largest absolute Gasteiger partial charge is 0.444 e. The van der Waals surface area contributed by atoms with Gasteiger partial charge in [0.1, 0.15) is 5.60 Å². The number of benzene rings is 1. The van der Waals surface area contributed by atoms with Crippen molar-refractivity contribution in [2.45, 2.75) is 26.4 Å². The van der Waals surface area contributed by atoms with E-state index < -0.39 is 5.60 Å². The van der Waals surface area contributed by atoms with Gasteiger partial charge in [0, 0.05) is 37.3 Å². The Balaban J connectivity index is 1.95. The Morgan fingerprint density at radius 3 is 2.30 bits per heavy atom. The second-order valence-electron chi connectivity index (χ2n) is 6.48. The number of hydrogen-bond donors (Lipinski definition) is 0. The van der Waals surface area contributed by atoms with E-state index in [1.54, 1.807) is 34.1 Å².